The molecule has 0 amide bonds. The van der Waals surface area contributed by atoms with E-state index in [4.69, 9.17) is 40.5 Å². The molecule has 0 aliphatic carbocycles. The van der Waals surface area contributed by atoms with Crippen molar-refractivity contribution in [2.45, 2.75) is 26.8 Å². The van der Waals surface area contributed by atoms with Gasteiger partial charge in [0.1, 0.15) is 0 Å². The summed E-state index contributed by atoms with van der Waals surface area (Å²) >= 11 is 18.1. The molecule has 0 unspecified atom stereocenters. The topological polar surface area (TPSA) is 60.9 Å². The van der Waals surface area contributed by atoms with E-state index in [2.05, 4.69) is 5.10 Å². The molecule has 0 bridgehead atoms. The molecule has 0 spiro atoms. The van der Waals surface area contributed by atoms with Crippen molar-refractivity contribution >= 4 is 46.3 Å². The number of carbonyl (C=O) groups is 1. The van der Waals surface area contributed by atoms with Gasteiger partial charge in [-0.2, -0.15) is 5.10 Å². The fourth-order valence-electron chi connectivity index (χ4n) is 2.04. The average Bonchev–Trinajstić information content (AvgIpc) is 2.71. The second kappa shape index (κ2) is 6.26. The van der Waals surface area contributed by atoms with Gasteiger partial charge in [-0.1, -0.05) is 34.8 Å². The zero-order valence-corrected chi connectivity index (χ0v) is 13.9. The maximum absolute atomic E-state index is 12.4. The first kappa shape index (κ1) is 16.1. The highest BCUT2D eigenvalue weighted by molar-refractivity contribution is 6.39. The predicted octanol–water partition coefficient (Wildman–Crippen LogP) is 4.18. The molecule has 1 aromatic heterocycles. The van der Waals surface area contributed by atoms with Crippen molar-refractivity contribution in [3.05, 3.63) is 44.2 Å². The summed E-state index contributed by atoms with van der Waals surface area (Å²) in [5, 5.41) is 5.32. The van der Waals surface area contributed by atoms with Crippen LogP contribution in [0.2, 0.25) is 15.1 Å². The molecule has 0 saturated heterocycles. The van der Waals surface area contributed by atoms with Crippen molar-refractivity contribution in [3.8, 4) is 0 Å². The summed E-state index contributed by atoms with van der Waals surface area (Å²) in [7, 11) is 0. The van der Waals surface area contributed by atoms with Crippen LogP contribution in [0.3, 0.4) is 0 Å². The second-order valence-electron chi connectivity index (χ2n) is 4.62. The molecular weight excluding hydrogens is 333 g/mol. The van der Waals surface area contributed by atoms with Crippen LogP contribution >= 0.6 is 34.8 Å². The highest BCUT2D eigenvalue weighted by Crippen LogP contribution is 2.30. The van der Waals surface area contributed by atoms with E-state index in [1.807, 2.05) is 6.92 Å². The molecule has 21 heavy (non-hydrogen) atoms. The van der Waals surface area contributed by atoms with Crippen molar-refractivity contribution in [2.24, 2.45) is 0 Å². The van der Waals surface area contributed by atoms with Crippen molar-refractivity contribution in [2.75, 3.05) is 5.73 Å². The number of nitrogens with two attached hydrogens (primary N) is 1. The average molecular weight is 347 g/mol. The Morgan fingerprint density at radius 3 is 2.38 bits per heavy atom. The van der Waals surface area contributed by atoms with Crippen molar-refractivity contribution in [1.82, 2.24) is 9.78 Å². The van der Waals surface area contributed by atoms with E-state index < -0.39 is 0 Å². The molecule has 1 heterocycles. The molecule has 1 aromatic carbocycles. The van der Waals surface area contributed by atoms with Gasteiger partial charge in [0.05, 0.1) is 38.6 Å². The van der Waals surface area contributed by atoms with Crippen molar-refractivity contribution in [1.29, 1.82) is 0 Å². The smallest absolute Gasteiger partial charge is 0.168 e. The molecule has 112 valence electrons. The Kier molecular flexibility index (Phi) is 4.81. The van der Waals surface area contributed by atoms with E-state index in [0.29, 0.717) is 28.5 Å². The number of hydrogen-bond donors (Lipinski definition) is 1. The van der Waals surface area contributed by atoms with Gasteiger partial charge in [-0.15, -0.1) is 0 Å². The summed E-state index contributed by atoms with van der Waals surface area (Å²) in [5.74, 6) is -0.143. The van der Waals surface area contributed by atoms with Gasteiger partial charge in [-0.25, -0.2) is 0 Å². The number of carbonyl (C=O) groups excluding carboxylic acids is 1. The van der Waals surface area contributed by atoms with Gasteiger partial charge in [0, 0.05) is 12.1 Å². The number of anilines is 1. The summed E-state index contributed by atoms with van der Waals surface area (Å²) in [6.07, 6.45) is 0.129. The van der Waals surface area contributed by atoms with Crippen molar-refractivity contribution in [3.63, 3.8) is 0 Å². The normalized spacial score (nSPS) is 10.9. The number of nitrogen functional groups attached to an aromatic ring is 1. The minimum absolute atomic E-state index is 0.129. The first-order chi connectivity index (χ1) is 9.85. The van der Waals surface area contributed by atoms with Gasteiger partial charge >= 0.3 is 0 Å². The first-order valence-corrected chi connectivity index (χ1v) is 7.48. The largest absolute Gasteiger partial charge is 0.396 e. The Hall–Kier alpha value is -1.23. The van der Waals surface area contributed by atoms with Crippen LogP contribution in [0.25, 0.3) is 0 Å². The molecule has 2 N–H and O–H groups in total. The van der Waals surface area contributed by atoms with E-state index in [0.717, 1.165) is 0 Å². The van der Waals surface area contributed by atoms with Crippen LogP contribution in [0.4, 0.5) is 5.69 Å². The Morgan fingerprint density at radius 1 is 1.29 bits per heavy atom. The first-order valence-electron chi connectivity index (χ1n) is 6.34. The lowest BCUT2D eigenvalue weighted by Gasteiger charge is -2.07. The third-order valence-corrected chi connectivity index (χ3v) is 4.30. The molecular formula is C14H14Cl3N3O. The summed E-state index contributed by atoms with van der Waals surface area (Å²) in [5.41, 5.74) is 7.72. The van der Waals surface area contributed by atoms with Crippen LogP contribution in [0.1, 0.15) is 28.7 Å². The molecule has 2 aromatic rings. The summed E-state index contributed by atoms with van der Waals surface area (Å²) < 4.78 is 1.72. The van der Waals surface area contributed by atoms with Crippen LogP contribution in [0.5, 0.6) is 0 Å². The lowest BCUT2D eigenvalue weighted by atomic mass is 10.1. The van der Waals surface area contributed by atoms with Crippen LogP contribution in [0.15, 0.2) is 12.1 Å². The minimum Gasteiger partial charge on any atom is -0.396 e. The Morgan fingerprint density at radius 2 is 1.86 bits per heavy atom. The number of rotatable bonds is 4. The molecule has 7 heteroatoms. The van der Waals surface area contributed by atoms with Crippen LogP contribution in [0, 0.1) is 6.92 Å². The van der Waals surface area contributed by atoms with E-state index in [-0.39, 0.29) is 27.9 Å². The number of Topliss-reactive ketones (excluding diaryl/α,β-unsaturated/α-hetero) is 1. The van der Waals surface area contributed by atoms with E-state index in [1.54, 1.807) is 11.6 Å². The third-order valence-electron chi connectivity index (χ3n) is 3.18. The molecule has 0 aliphatic heterocycles. The highest BCUT2D eigenvalue weighted by Gasteiger charge is 2.18. The maximum atomic E-state index is 12.4. The number of ketones is 1. The fourth-order valence-corrected chi connectivity index (χ4v) is 2.73. The summed E-state index contributed by atoms with van der Waals surface area (Å²) in [4.78, 5) is 12.4. The predicted molar refractivity (Wildman–Crippen MR) is 86.6 cm³/mol. The molecule has 4 nitrogen and oxygen atoms in total. The summed E-state index contributed by atoms with van der Waals surface area (Å²) in [6.45, 7) is 4.38. The number of nitrogens with zero attached hydrogens (tertiary/aromatic N) is 2. The SMILES string of the molecule is CCn1nc(C)c(Cl)c1CC(=O)c1cc(Cl)c(N)c(Cl)c1. The fraction of sp³-hybridized carbons (Fsp3) is 0.286. The lowest BCUT2D eigenvalue weighted by molar-refractivity contribution is 0.0990. The minimum atomic E-state index is -0.143. The molecule has 0 aliphatic rings. The van der Waals surface area contributed by atoms with Crippen LogP contribution in [-0.4, -0.2) is 15.6 Å². The number of aryl methyl sites for hydroxylation is 2. The standard InChI is InChI=1S/C14H14Cl3N3O/c1-3-20-11(13(17)7(2)19-20)6-12(21)8-4-9(15)14(18)10(16)5-8/h4-5H,3,6,18H2,1-2H3. The Labute approximate surface area is 137 Å². The number of aromatic nitrogens is 2. The Balaban J connectivity index is 2.35. The molecule has 0 fully saturated rings. The maximum Gasteiger partial charge on any atom is 0.168 e. The van der Waals surface area contributed by atoms with E-state index >= 15 is 0 Å². The molecule has 0 atom stereocenters. The number of halogens is 3. The van der Waals surface area contributed by atoms with Gasteiger partial charge in [0.25, 0.3) is 0 Å². The zero-order chi connectivity index (χ0) is 15.7. The second-order valence-corrected chi connectivity index (χ2v) is 5.81. The van der Waals surface area contributed by atoms with E-state index in [1.165, 1.54) is 12.1 Å². The summed E-state index contributed by atoms with van der Waals surface area (Å²) in [6, 6.07) is 3.02. The molecule has 2 rings (SSSR count). The number of hydrogen-bond acceptors (Lipinski definition) is 3. The van der Waals surface area contributed by atoms with Crippen LogP contribution < -0.4 is 5.73 Å². The highest BCUT2D eigenvalue weighted by atomic mass is 35.5. The monoisotopic (exact) mass is 345 g/mol. The van der Waals surface area contributed by atoms with Gasteiger partial charge in [-0.05, 0) is 26.0 Å². The third kappa shape index (κ3) is 3.18. The van der Waals surface area contributed by atoms with Gasteiger partial charge in [-0.3, -0.25) is 9.48 Å². The zero-order valence-electron chi connectivity index (χ0n) is 11.6. The molecule has 0 saturated carbocycles. The van der Waals surface area contributed by atoms with Crippen molar-refractivity contribution < 1.29 is 4.79 Å². The van der Waals surface area contributed by atoms with Gasteiger partial charge < -0.3 is 5.73 Å². The van der Waals surface area contributed by atoms with Gasteiger partial charge in [0.15, 0.2) is 5.78 Å². The lowest BCUT2D eigenvalue weighted by Crippen LogP contribution is -2.10. The Bertz CT molecular complexity index is 687. The molecule has 0 radical (unpaired) electrons. The van der Waals surface area contributed by atoms with E-state index in [9.17, 15) is 4.79 Å². The van der Waals surface area contributed by atoms with Gasteiger partial charge in [0.2, 0.25) is 0 Å². The van der Waals surface area contributed by atoms with Crippen LogP contribution in [-0.2, 0) is 13.0 Å². The number of benzene rings is 1. The quantitative estimate of drug-likeness (QED) is 0.667.